The van der Waals surface area contributed by atoms with Crippen molar-refractivity contribution >= 4 is 17.5 Å². The zero-order valence-electron chi connectivity index (χ0n) is 12.8. The number of carbonyl (C=O) groups excluding carboxylic acids is 1. The van der Waals surface area contributed by atoms with Crippen LogP contribution in [-0.2, 0) is 4.74 Å². The van der Waals surface area contributed by atoms with E-state index >= 15 is 0 Å². The van der Waals surface area contributed by atoms with Crippen LogP contribution < -0.4 is 10.2 Å². The molecule has 1 aliphatic carbocycles. The molecule has 5 nitrogen and oxygen atoms in total. The van der Waals surface area contributed by atoms with Gasteiger partial charge in [-0.25, -0.2) is 9.78 Å². The summed E-state index contributed by atoms with van der Waals surface area (Å²) >= 11 is 0. The number of carbonyl (C=O) groups is 1. The van der Waals surface area contributed by atoms with Gasteiger partial charge in [0.05, 0.1) is 7.11 Å². The molecular weight excluding hydrogens is 266 g/mol. The second-order valence-electron chi connectivity index (χ2n) is 6.05. The van der Waals surface area contributed by atoms with Crippen LogP contribution in [0.15, 0.2) is 18.2 Å². The van der Waals surface area contributed by atoms with Crippen LogP contribution in [0.1, 0.15) is 35.3 Å². The normalized spacial score (nSPS) is 18.7. The molecule has 112 valence electrons. The van der Waals surface area contributed by atoms with E-state index in [1.54, 1.807) is 6.07 Å². The highest BCUT2D eigenvalue weighted by Crippen LogP contribution is 2.52. The fourth-order valence-electron chi connectivity index (χ4n) is 2.82. The molecule has 1 spiro atoms. The number of hydrogen-bond acceptors (Lipinski definition) is 5. The molecule has 0 bridgehead atoms. The van der Waals surface area contributed by atoms with Gasteiger partial charge < -0.3 is 15.0 Å². The van der Waals surface area contributed by atoms with Gasteiger partial charge in [-0.05, 0) is 36.8 Å². The van der Waals surface area contributed by atoms with Crippen LogP contribution in [0, 0.1) is 5.41 Å². The Bertz CT molecular complexity index is 604. The second-order valence-corrected chi connectivity index (χ2v) is 6.05. The highest BCUT2D eigenvalue weighted by atomic mass is 16.5. The third-order valence-corrected chi connectivity index (χ3v) is 4.26. The molecule has 3 rings (SSSR count). The fraction of sp³-hybridized carbons (Fsp3) is 0.500. The number of rotatable bonds is 3. The molecule has 0 aromatic carbocycles. The number of nitrogens with one attached hydrogen (secondary N) is 1. The lowest BCUT2D eigenvalue weighted by Crippen LogP contribution is -2.25. The SMILES string of the molecule is COC(=O)c1ccc(C2=CC3(CCN2)CC3)c(N(C)C)n1. The Kier molecular flexibility index (Phi) is 3.35. The van der Waals surface area contributed by atoms with E-state index in [9.17, 15) is 4.79 Å². The van der Waals surface area contributed by atoms with E-state index in [4.69, 9.17) is 4.74 Å². The van der Waals surface area contributed by atoms with Crippen molar-refractivity contribution in [2.75, 3.05) is 32.6 Å². The minimum Gasteiger partial charge on any atom is -0.464 e. The van der Waals surface area contributed by atoms with Crippen LogP contribution in [-0.4, -0.2) is 38.7 Å². The van der Waals surface area contributed by atoms with Gasteiger partial charge in [0.25, 0.3) is 0 Å². The van der Waals surface area contributed by atoms with Gasteiger partial charge in [0.15, 0.2) is 5.69 Å². The predicted molar refractivity (Wildman–Crippen MR) is 82.2 cm³/mol. The Labute approximate surface area is 125 Å². The van der Waals surface area contributed by atoms with Crippen LogP contribution in [0.5, 0.6) is 0 Å². The maximum absolute atomic E-state index is 11.7. The highest BCUT2D eigenvalue weighted by molar-refractivity contribution is 5.89. The first-order chi connectivity index (χ1) is 10.0. The highest BCUT2D eigenvalue weighted by Gasteiger charge is 2.42. The zero-order chi connectivity index (χ0) is 15.0. The molecular formula is C16H21N3O2. The van der Waals surface area contributed by atoms with Gasteiger partial charge in [-0.3, -0.25) is 0 Å². The third-order valence-electron chi connectivity index (χ3n) is 4.26. The molecule has 1 fully saturated rings. The first-order valence-electron chi connectivity index (χ1n) is 7.28. The number of methoxy groups -OCH3 is 1. The zero-order valence-corrected chi connectivity index (χ0v) is 12.8. The van der Waals surface area contributed by atoms with Crippen molar-refractivity contribution in [1.29, 1.82) is 0 Å². The van der Waals surface area contributed by atoms with Crippen LogP contribution in [0.4, 0.5) is 5.82 Å². The maximum atomic E-state index is 11.7. The molecule has 2 aliphatic rings. The molecule has 0 saturated heterocycles. The summed E-state index contributed by atoms with van der Waals surface area (Å²) < 4.78 is 4.75. The van der Waals surface area contributed by atoms with Crippen molar-refractivity contribution in [2.24, 2.45) is 5.41 Å². The molecule has 5 heteroatoms. The van der Waals surface area contributed by atoms with Crippen molar-refractivity contribution in [1.82, 2.24) is 10.3 Å². The molecule has 1 aromatic heterocycles. The lowest BCUT2D eigenvalue weighted by molar-refractivity contribution is 0.0594. The topological polar surface area (TPSA) is 54.5 Å². The van der Waals surface area contributed by atoms with Crippen molar-refractivity contribution in [3.63, 3.8) is 0 Å². The smallest absolute Gasteiger partial charge is 0.356 e. The average molecular weight is 287 g/mol. The van der Waals surface area contributed by atoms with Crippen LogP contribution >= 0.6 is 0 Å². The Balaban J connectivity index is 2.02. The average Bonchev–Trinajstić information content (AvgIpc) is 3.24. The van der Waals surface area contributed by atoms with Gasteiger partial charge in [0.2, 0.25) is 0 Å². The number of nitrogens with zero attached hydrogens (tertiary/aromatic N) is 2. The summed E-state index contributed by atoms with van der Waals surface area (Å²) in [5.41, 5.74) is 2.91. The molecule has 2 heterocycles. The van der Waals surface area contributed by atoms with E-state index < -0.39 is 5.97 Å². The van der Waals surface area contributed by atoms with E-state index in [1.807, 2.05) is 25.1 Å². The minimum atomic E-state index is -0.408. The molecule has 1 aromatic rings. The van der Waals surface area contributed by atoms with Gasteiger partial charge in [0, 0.05) is 31.9 Å². The first-order valence-corrected chi connectivity index (χ1v) is 7.28. The summed E-state index contributed by atoms with van der Waals surface area (Å²) in [6.07, 6.45) is 6.12. The van der Waals surface area contributed by atoms with Crippen molar-refractivity contribution < 1.29 is 9.53 Å². The molecule has 1 aliphatic heterocycles. The van der Waals surface area contributed by atoms with Gasteiger partial charge >= 0.3 is 5.97 Å². The summed E-state index contributed by atoms with van der Waals surface area (Å²) in [7, 11) is 5.24. The molecule has 1 N–H and O–H groups in total. The number of ether oxygens (including phenoxy) is 1. The largest absolute Gasteiger partial charge is 0.464 e. The maximum Gasteiger partial charge on any atom is 0.356 e. The van der Waals surface area contributed by atoms with E-state index in [2.05, 4.69) is 16.4 Å². The standard InChI is InChI=1S/C16H21N3O2/c1-19(2)14-11(4-5-12(18-14)15(20)21-3)13-10-16(6-7-16)8-9-17-13/h4-5,10,17H,6-9H2,1-3H3. The van der Waals surface area contributed by atoms with E-state index in [1.165, 1.54) is 26.4 Å². The van der Waals surface area contributed by atoms with Crippen molar-refractivity contribution in [3.05, 3.63) is 29.5 Å². The van der Waals surface area contributed by atoms with E-state index in [0.29, 0.717) is 11.1 Å². The molecule has 1 saturated carbocycles. The summed E-state index contributed by atoms with van der Waals surface area (Å²) in [6.45, 7) is 0.997. The lowest BCUT2D eigenvalue weighted by Gasteiger charge is -2.25. The second kappa shape index (κ2) is 5.06. The van der Waals surface area contributed by atoms with E-state index in [0.717, 1.165) is 23.6 Å². The fourth-order valence-corrected chi connectivity index (χ4v) is 2.82. The Morgan fingerprint density at radius 2 is 2.10 bits per heavy atom. The first kappa shape index (κ1) is 13.9. The molecule has 21 heavy (non-hydrogen) atoms. The quantitative estimate of drug-likeness (QED) is 0.862. The molecule has 0 unspecified atom stereocenters. The number of anilines is 1. The van der Waals surface area contributed by atoms with E-state index in [-0.39, 0.29) is 0 Å². The van der Waals surface area contributed by atoms with Gasteiger partial charge in [-0.15, -0.1) is 0 Å². The van der Waals surface area contributed by atoms with Gasteiger partial charge in [-0.1, -0.05) is 6.08 Å². The minimum absolute atomic E-state index is 0.336. The third kappa shape index (κ3) is 2.60. The predicted octanol–water partition coefficient (Wildman–Crippen LogP) is 2.05. The summed E-state index contributed by atoms with van der Waals surface area (Å²) in [5.74, 6) is 0.378. The lowest BCUT2D eigenvalue weighted by atomic mass is 9.95. The monoisotopic (exact) mass is 287 g/mol. The van der Waals surface area contributed by atoms with Crippen molar-refractivity contribution in [2.45, 2.75) is 19.3 Å². The Morgan fingerprint density at radius 1 is 1.33 bits per heavy atom. The van der Waals surface area contributed by atoms with Crippen LogP contribution in [0.25, 0.3) is 5.70 Å². The summed E-state index contributed by atoms with van der Waals surface area (Å²) in [5, 5.41) is 3.47. The number of aromatic nitrogens is 1. The summed E-state index contributed by atoms with van der Waals surface area (Å²) in [4.78, 5) is 18.0. The van der Waals surface area contributed by atoms with Crippen molar-refractivity contribution in [3.8, 4) is 0 Å². The molecule has 0 radical (unpaired) electrons. The van der Waals surface area contributed by atoms with Gasteiger partial charge in [0.1, 0.15) is 5.82 Å². The van der Waals surface area contributed by atoms with Gasteiger partial charge in [-0.2, -0.15) is 0 Å². The number of hydrogen-bond donors (Lipinski definition) is 1. The number of allylic oxidation sites excluding steroid dienone is 1. The van der Waals surface area contributed by atoms with Crippen LogP contribution in [0.3, 0.4) is 0 Å². The Morgan fingerprint density at radius 3 is 2.71 bits per heavy atom. The number of pyridine rings is 1. The van der Waals surface area contributed by atoms with Crippen LogP contribution in [0.2, 0.25) is 0 Å². The summed E-state index contributed by atoms with van der Waals surface area (Å²) in [6, 6.07) is 3.68. The molecule has 0 amide bonds. The number of esters is 1. The Hall–Kier alpha value is -2.04. The molecule has 0 atom stereocenters.